The quantitative estimate of drug-likeness (QED) is 0.779. The third kappa shape index (κ3) is 2.87. The van der Waals surface area contributed by atoms with Crippen LogP contribution in [0.4, 0.5) is 0 Å². The Bertz CT molecular complexity index is 799. The molecule has 1 aliphatic rings. The Kier molecular flexibility index (Phi) is 3.83. The number of fused-ring (bicyclic) bond motifs is 1. The molecule has 1 N–H and O–H groups in total. The van der Waals surface area contributed by atoms with Crippen molar-refractivity contribution in [1.29, 1.82) is 0 Å². The van der Waals surface area contributed by atoms with Crippen molar-refractivity contribution in [2.75, 3.05) is 26.3 Å². The molecule has 0 unspecified atom stereocenters. The Morgan fingerprint density at radius 3 is 2.87 bits per heavy atom. The molecule has 0 aromatic carbocycles. The van der Waals surface area contributed by atoms with Crippen LogP contribution in [0.3, 0.4) is 0 Å². The molecule has 9 heteroatoms. The number of morpholine rings is 1. The number of hydrogen-bond acceptors (Lipinski definition) is 7. The van der Waals surface area contributed by atoms with Crippen molar-refractivity contribution < 1.29 is 4.74 Å². The molecule has 3 aromatic heterocycles. The van der Waals surface area contributed by atoms with Gasteiger partial charge in [-0.2, -0.15) is 14.7 Å². The van der Waals surface area contributed by atoms with Gasteiger partial charge in [0.1, 0.15) is 5.69 Å². The molecule has 122 valence electrons. The third-order valence-electron chi connectivity index (χ3n) is 3.96. The summed E-state index contributed by atoms with van der Waals surface area (Å²) in [6, 6.07) is 2.05. The van der Waals surface area contributed by atoms with Gasteiger partial charge in [0.25, 0.3) is 0 Å². The van der Waals surface area contributed by atoms with Crippen molar-refractivity contribution in [3.05, 3.63) is 17.6 Å². The first-order chi connectivity index (χ1) is 11.2. The minimum atomic E-state index is 0.416. The molecule has 1 fully saturated rings. The number of aromatic amines is 1. The van der Waals surface area contributed by atoms with Crippen molar-refractivity contribution in [2.24, 2.45) is 0 Å². The number of H-pyrrole nitrogens is 1. The second-order valence-electron chi connectivity index (χ2n) is 5.97. The van der Waals surface area contributed by atoms with Gasteiger partial charge in [0.05, 0.1) is 19.8 Å². The van der Waals surface area contributed by atoms with Gasteiger partial charge in [-0.1, -0.05) is 25.2 Å². The average molecular weight is 333 g/mol. The molecule has 4 rings (SSSR count). The summed E-state index contributed by atoms with van der Waals surface area (Å²) in [5.74, 6) is 1.28. The maximum atomic E-state index is 5.38. The molecule has 0 bridgehead atoms. The van der Waals surface area contributed by atoms with E-state index in [0.29, 0.717) is 5.92 Å². The molecule has 0 saturated carbocycles. The van der Waals surface area contributed by atoms with Gasteiger partial charge in [-0.05, 0) is 12.0 Å². The SMILES string of the molecule is CC(C)c1cc(-c2nn3c(CN4CCOCC4)nnc3s2)n[nH]1. The summed E-state index contributed by atoms with van der Waals surface area (Å²) in [4.78, 5) is 3.11. The number of rotatable bonds is 4. The monoisotopic (exact) mass is 333 g/mol. The second kappa shape index (κ2) is 5.99. The van der Waals surface area contributed by atoms with Gasteiger partial charge in [0.15, 0.2) is 10.8 Å². The predicted octanol–water partition coefficient (Wildman–Crippen LogP) is 1.53. The lowest BCUT2D eigenvalue weighted by atomic mass is 10.1. The maximum absolute atomic E-state index is 5.38. The smallest absolute Gasteiger partial charge is 0.235 e. The maximum Gasteiger partial charge on any atom is 0.235 e. The first-order valence-electron chi connectivity index (χ1n) is 7.77. The lowest BCUT2D eigenvalue weighted by molar-refractivity contribution is 0.0328. The van der Waals surface area contributed by atoms with E-state index in [1.807, 2.05) is 4.52 Å². The van der Waals surface area contributed by atoms with Crippen LogP contribution in [0.25, 0.3) is 15.7 Å². The number of aromatic nitrogens is 6. The summed E-state index contributed by atoms with van der Waals surface area (Å²) in [5.41, 5.74) is 1.97. The van der Waals surface area contributed by atoms with Crippen LogP contribution in [0.1, 0.15) is 31.3 Å². The van der Waals surface area contributed by atoms with Gasteiger partial charge in [-0.25, -0.2) is 0 Å². The van der Waals surface area contributed by atoms with Crippen LogP contribution < -0.4 is 0 Å². The van der Waals surface area contributed by atoms with Crippen molar-refractivity contribution in [1.82, 2.24) is 34.9 Å². The Morgan fingerprint density at radius 2 is 2.13 bits per heavy atom. The van der Waals surface area contributed by atoms with Crippen LogP contribution in [-0.4, -0.2) is 61.2 Å². The van der Waals surface area contributed by atoms with Crippen molar-refractivity contribution >= 4 is 16.3 Å². The van der Waals surface area contributed by atoms with E-state index in [1.54, 1.807) is 0 Å². The highest BCUT2D eigenvalue weighted by Crippen LogP contribution is 2.26. The molecule has 1 saturated heterocycles. The van der Waals surface area contributed by atoms with E-state index in [9.17, 15) is 0 Å². The highest BCUT2D eigenvalue weighted by Gasteiger charge is 2.18. The minimum absolute atomic E-state index is 0.416. The Balaban J connectivity index is 1.60. The zero-order valence-electron chi connectivity index (χ0n) is 13.2. The van der Waals surface area contributed by atoms with E-state index in [1.165, 1.54) is 11.3 Å². The van der Waals surface area contributed by atoms with Crippen molar-refractivity contribution in [2.45, 2.75) is 26.3 Å². The van der Waals surface area contributed by atoms with Crippen LogP contribution in [0.2, 0.25) is 0 Å². The Hall–Kier alpha value is -1.84. The lowest BCUT2D eigenvalue weighted by Crippen LogP contribution is -2.36. The highest BCUT2D eigenvalue weighted by molar-refractivity contribution is 7.19. The van der Waals surface area contributed by atoms with E-state index in [-0.39, 0.29) is 0 Å². The lowest BCUT2D eigenvalue weighted by Gasteiger charge is -2.25. The Morgan fingerprint density at radius 1 is 1.30 bits per heavy atom. The van der Waals surface area contributed by atoms with Crippen LogP contribution >= 0.6 is 11.3 Å². The first kappa shape index (κ1) is 14.7. The molecular weight excluding hydrogens is 314 g/mol. The van der Waals surface area contributed by atoms with Gasteiger partial charge >= 0.3 is 0 Å². The van der Waals surface area contributed by atoms with Crippen molar-refractivity contribution in [3.8, 4) is 10.7 Å². The zero-order chi connectivity index (χ0) is 15.8. The van der Waals surface area contributed by atoms with Gasteiger partial charge < -0.3 is 4.74 Å². The van der Waals surface area contributed by atoms with E-state index in [2.05, 4.69) is 50.3 Å². The molecule has 3 aromatic rings. The average Bonchev–Trinajstić information content (AvgIpc) is 3.24. The van der Waals surface area contributed by atoms with Gasteiger partial charge in [-0.15, -0.1) is 10.2 Å². The molecule has 0 spiro atoms. The number of nitrogens with zero attached hydrogens (tertiary/aromatic N) is 6. The van der Waals surface area contributed by atoms with E-state index in [0.717, 1.165) is 60.0 Å². The number of nitrogens with one attached hydrogen (secondary N) is 1. The van der Waals surface area contributed by atoms with Crippen molar-refractivity contribution in [3.63, 3.8) is 0 Å². The van der Waals surface area contributed by atoms with E-state index < -0.39 is 0 Å². The van der Waals surface area contributed by atoms with Gasteiger partial charge in [0, 0.05) is 18.8 Å². The standard InChI is InChI=1S/C14H19N7OS/c1-9(2)10-7-11(16-15-10)13-19-21-12(17-18-14(21)23-13)8-20-3-5-22-6-4-20/h7,9H,3-6,8H2,1-2H3,(H,15,16). The number of ether oxygens (including phenoxy) is 1. The second-order valence-corrected chi connectivity index (χ2v) is 6.93. The fraction of sp³-hybridized carbons (Fsp3) is 0.571. The van der Waals surface area contributed by atoms with Crippen LogP contribution in [0.5, 0.6) is 0 Å². The molecule has 0 radical (unpaired) electrons. The predicted molar refractivity (Wildman–Crippen MR) is 86.4 cm³/mol. The summed E-state index contributed by atoms with van der Waals surface area (Å²) in [5, 5.41) is 21.5. The van der Waals surface area contributed by atoms with E-state index in [4.69, 9.17) is 4.74 Å². The molecule has 1 aliphatic heterocycles. The van der Waals surface area contributed by atoms with Crippen LogP contribution in [0, 0.1) is 0 Å². The molecule has 23 heavy (non-hydrogen) atoms. The zero-order valence-corrected chi connectivity index (χ0v) is 14.0. The molecule has 0 atom stereocenters. The molecule has 0 amide bonds. The molecular formula is C14H19N7OS. The summed E-state index contributed by atoms with van der Waals surface area (Å²) >= 11 is 1.51. The topological polar surface area (TPSA) is 84.2 Å². The summed E-state index contributed by atoms with van der Waals surface area (Å²) in [6.07, 6.45) is 0. The van der Waals surface area contributed by atoms with Gasteiger partial charge in [-0.3, -0.25) is 10.00 Å². The normalized spacial score (nSPS) is 16.7. The first-order valence-corrected chi connectivity index (χ1v) is 8.59. The fourth-order valence-electron chi connectivity index (χ4n) is 2.56. The largest absolute Gasteiger partial charge is 0.379 e. The van der Waals surface area contributed by atoms with Gasteiger partial charge in [0.2, 0.25) is 4.96 Å². The molecule has 0 aliphatic carbocycles. The minimum Gasteiger partial charge on any atom is -0.379 e. The van der Waals surface area contributed by atoms with Crippen LogP contribution in [-0.2, 0) is 11.3 Å². The fourth-order valence-corrected chi connectivity index (χ4v) is 3.38. The summed E-state index contributed by atoms with van der Waals surface area (Å²) in [7, 11) is 0. The Labute approximate surface area is 137 Å². The van der Waals surface area contributed by atoms with Crippen LogP contribution in [0.15, 0.2) is 6.07 Å². The molecule has 8 nitrogen and oxygen atoms in total. The molecule has 4 heterocycles. The number of hydrogen-bond donors (Lipinski definition) is 1. The third-order valence-corrected chi connectivity index (χ3v) is 4.88. The van der Waals surface area contributed by atoms with E-state index >= 15 is 0 Å². The summed E-state index contributed by atoms with van der Waals surface area (Å²) in [6.45, 7) is 8.40. The summed E-state index contributed by atoms with van der Waals surface area (Å²) < 4.78 is 7.21. The highest BCUT2D eigenvalue weighted by atomic mass is 32.1.